The van der Waals surface area contributed by atoms with E-state index in [0.29, 0.717) is 5.56 Å². The summed E-state index contributed by atoms with van der Waals surface area (Å²) in [5, 5.41) is 0.880. The fourth-order valence-electron chi connectivity index (χ4n) is 1.84. The average molecular weight is 281 g/mol. The lowest BCUT2D eigenvalue weighted by atomic mass is 10.2. The number of benzene rings is 1. The molecule has 6 heteroatoms. The Hall–Kier alpha value is -1.42. The van der Waals surface area contributed by atoms with Gasteiger partial charge in [0.2, 0.25) is 0 Å². The van der Waals surface area contributed by atoms with Crippen molar-refractivity contribution in [3.05, 3.63) is 36.0 Å². The molecule has 0 fully saturated rings. The van der Waals surface area contributed by atoms with Gasteiger partial charge in [0.05, 0.1) is 13.2 Å². The van der Waals surface area contributed by atoms with Crippen LogP contribution >= 0.6 is 7.60 Å². The molecule has 0 unspecified atom stereocenters. The van der Waals surface area contributed by atoms with E-state index in [9.17, 15) is 9.36 Å². The van der Waals surface area contributed by atoms with Gasteiger partial charge in [-0.25, -0.2) is 0 Å². The van der Waals surface area contributed by atoms with Crippen molar-refractivity contribution in [1.82, 2.24) is 4.98 Å². The van der Waals surface area contributed by atoms with Crippen LogP contribution in [-0.2, 0) is 13.6 Å². The third-order valence-corrected chi connectivity index (χ3v) is 4.60. The van der Waals surface area contributed by atoms with Gasteiger partial charge in [0, 0.05) is 22.7 Å². The van der Waals surface area contributed by atoms with Gasteiger partial charge in [0.25, 0.3) is 5.52 Å². The second kappa shape index (κ2) is 5.70. The number of carbonyl (C=O) groups is 1. The maximum Gasteiger partial charge on any atom is 0.401 e. The maximum atomic E-state index is 12.4. The van der Waals surface area contributed by atoms with Crippen molar-refractivity contribution in [3.63, 3.8) is 0 Å². The van der Waals surface area contributed by atoms with Gasteiger partial charge in [-0.3, -0.25) is 9.36 Å². The molecule has 1 N–H and O–H groups in total. The molecule has 19 heavy (non-hydrogen) atoms. The van der Waals surface area contributed by atoms with Gasteiger partial charge < -0.3 is 14.0 Å². The van der Waals surface area contributed by atoms with Gasteiger partial charge in [-0.05, 0) is 38.1 Å². The summed E-state index contributed by atoms with van der Waals surface area (Å²) in [5.74, 6) is 0. The van der Waals surface area contributed by atoms with Gasteiger partial charge >= 0.3 is 7.60 Å². The molecule has 0 radical (unpaired) electrons. The highest BCUT2D eigenvalue weighted by Crippen LogP contribution is 2.51. The molecule has 0 amide bonds. The second-order valence-electron chi connectivity index (χ2n) is 3.92. The number of rotatable bonds is 6. The number of hydrogen-bond donors (Lipinski definition) is 1. The fourth-order valence-corrected chi connectivity index (χ4v) is 3.28. The van der Waals surface area contributed by atoms with E-state index in [2.05, 4.69) is 4.98 Å². The standard InChI is InChI=1S/C13H16NO4P/c1-3-17-19(16,18-4-2)13(15)11-5-6-12-10(9-11)7-8-14-12/h5-9,14H,3-4H2,1-2H3. The molecule has 2 rings (SSSR count). The molecule has 1 heterocycles. The summed E-state index contributed by atoms with van der Waals surface area (Å²) in [6, 6.07) is 6.91. The normalized spacial score (nSPS) is 11.9. The predicted octanol–water partition coefficient (Wildman–Crippen LogP) is 3.57. The summed E-state index contributed by atoms with van der Waals surface area (Å²) in [4.78, 5) is 15.3. The highest BCUT2D eigenvalue weighted by Gasteiger charge is 2.35. The van der Waals surface area contributed by atoms with Crippen LogP contribution in [0, 0.1) is 0 Å². The van der Waals surface area contributed by atoms with Gasteiger partial charge in [-0.1, -0.05) is 0 Å². The van der Waals surface area contributed by atoms with E-state index in [1.165, 1.54) is 0 Å². The highest BCUT2D eigenvalue weighted by molar-refractivity contribution is 7.72. The minimum Gasteiger partial charge on any atom is -0.361 e. The molecule has 0 aliphatic rings. The average Bonchev–Trinajstić information content (AvgIpc) is 2.85. The lowest BCUT2D eigenvalue weighted by Gasteiger charge is -2.15. The van der Waals surface area contributed by atoms with Crippen LogP contribution in [0.15, 0.2) is 30.5 Å². The molecular weight excluding hydrogens is 265 g/mol. The zero-order valence-electron chi connectivity index (χ0n) is 10.9. The molecule has 2 aromatic rings. The third kappa shape index (κ3) is 2.78. The lowest BCUT2D eigenvalue weighted by Crippen LogP contribution is -2.07. The van der Waals surface area contributed by atoms with E-state index in [0.717, 1.165) is 10.9 Å². The van der Waals surface area contributed by atoms with Crippen LogP contribution in [0.5, 0.6) is 0 Å². The number of aromatic nitrogens is 1. The topological polar surface area (TPSA) is 68.4 Å². The minimum atomic E-state index is -3.74. The van der Waals surface area contributed by atoms with Crippen LogP contribution in [0.2, 0.25) is 0 Å². The predicted molar refractivity (Wildman–Crippen MR) is 73.5 cm³/mol. The summed E-state index contributed by atoms with van der Waals surface area (Å²) in [6.45, 7) is 3.67. The third-order valence-electron chi connectivity index (χ3n) is 2.65. The van der Waals surface area contributed by atoms with Crippen molar-refractivity contribution in [1.29, 1.82) is 0 Å². The van der Waals surface area contributed by atoms with Crippen LogP contribution in [0.25, 0.3) is 10.9 Å². The molecule has 0 bridgehead atoms. The van der Waals surface area contributed by atoms with E-state index in [-0.39, 0.29) is 13.2 Å². The first kappa shape index (κ1) is 14.0. The van der Waals surface area contributed by atoms with E-state index < -0.39 is 13.1 Å². The number of fused-ring (bicyclic) bond motifs is 1. The number of nitrogens with one attached hydrogen (secondary N) is 1. The Balaban J connectivity index is 2.37. The molecular formula is C13H16NO4P. The summed E-state index contributed by atoms with van der Waals surface area (Å²) in [6.07, 6.45) is 1.78. The van der Waals surface area contributed by atoms with Gasteiger partial charge in [-0.2, -0.15) is 0 Å². The molecule has 0 aliphatic heterocycles. The minimum absolute atomic E-state index is 0.162. The molecule has 1 aromatic heterocycles. The van der Waals surface area contributed by atoms with E-state index >= 15 is 0 Å². The number of hydrogen-bond acceptors (Lipinski definition) is 4. The molecule has 1 aromatic carbocycles. The van der Waals surface area contributed by atoms with Gasteiger partial charge in [-0.15, -0.1) is 0 Å². The first-order chi connectivity index (χ1) is 9.10. The Bertz CT molecular complexity index is 624. The Kier molecular flexibility index (Phi) is 4.20. The largest absolute Gasteiger partial charge is 0.401 e. The van der Waals surface area contributed by atoms with E-state index in [1.807, 2.05) is 6.07 Å². The van der Waals surface area contributed by atoms with Crippen molar-refractivity contribution in [2.75, 3.05) is 13.2 Å². The van der Waals surface area contributed by atoms with Crippen LogP contribution in [-0.4, -0.2) is 23.7 Å². The molecule has 0 aliphatic carbocycles. The molecule has 5 nitrogen and oxygen atoms in total. The Labute approximate surface area is 111 Å². The lowest BCUT2D eigenvalue weighted by molar-refractivity contribution is 0.100. The Morgan fingerprint density at radius 2 is 1.89 bits per heavy atom. The monoisotopic (exact) mass is 281 g/mol. The summed E-state index contributed by atoms with van der Waals surface area (Å²) < 4.78 is 22.5. The number of carbonyl (C=O) groups excluding carboxylic acids is 1. The number of H-pyrrole nitrogens is 1. The highest BCUT2D eigenvalue weighted by atomic mass is 31.2. The quantitative estimate of drug-likeness (QED) is 0.822. The fraction of sp³-hybridized carbons (Fsp3) is 0.308. The molecule has 0 saturated carbocycles. The first-order valence-electron chi connectivity index (χ1n) is 6.12. The van der Waals surface area contributed by atoms with Gasteiger partial charge in [0.15, 0.2) is 0 Å². The smallest absolute Gasteiger partial charge is 0.361 e. The maximum absolute atomic E-state index is 12.4. The zero-order valence-corrected chi connectivity index (χ0v) is 11.8. The summed E-state index contributed by atoms with van der Waals surface area (Å²) in [7, 11) is -3.74. The summed E-state index contributed by atoms with van der Waals surface area (Å²) >= 11 is 0. The van der Waals surface area contributed by atoms with E-state index in [4.69, 9.17) is 9.05 Å². The molecule has 0 atom stereocenters. The Morgan fingerprint density at radius 1 is 1.21 bits per heavy atom. The number of aromatic amines is 1. The van der Waals surface area contributed by atoms with Crippen LogP contribution in [0.4, 0.5) is 0 Å². The van der Waals surface area contributed by atoms with Crippen molar-refractivity contribution < 1.29 is 18.4 Å². The Morgan fingerprint density at radius 3 is 2.53 bits per heavy atom. The van der Waals surface area contributed by atoms with Gasteiger partial charge in [0.1, 0.15) is 0 Å². The zero-order chi connectivity index (χ0) is 13.9. The second-order valence-corrected chi connectivity index (χ2v) is 5.84. The van der Waals surface area contributed by atoms with Crippen LogP contribution in [0.3, 0.4) is 0 Å². The molecule has 0 saturated heterocycles. The van der Waals surface area contributed by atoms with Crippen molar-refractivity contribution in [2.24, 2.45) is 0 Å². The molecule has 0 spiro atoms. The first-order valence-corrected chi connectivity index (χ1v) is 7.66. The van der Waals surface area contributed by atoms with Crippen molar-refractivity contribution in [2.45, 2.75) is 13.8 Å². The van der Waals surface area contributed by atoms with Crippen molar-refractivity contribution in [3.8, 4) is 0 Å². The van der Waals surface area contributed by atoms with Crippen LogP contribution < -0.4 is 0 Å². The van der Waals surface area contributed by atoms with E-state index in [1.54, 1.807) is 38.2 Å². The van der Waals surface area contributed by atoms with Crippen LogP contribution in [0.1, 0.15) is 24.2 Å². The summed E-state index contributed by atoms with van der Waals surface area (Å²) in [5.41, 5.74) is 0.649. The molecule has 102 valence electrons. The SMILES string of the molecule is CCOP(=O)(OCC)C(=O)c1ccc2[nH]ccc2c1. The van der Waals surface area contributed by atoms with Crippen molar-refractivity contribution >= 4 is 24.0 Å².